The molecule has 2 aromatic rings. The average Bonchev–Trinajstić information content (AvgIpc) is 2.94. The number of aromatic nitrogens is 1. The van der Waals surface area contributed by atoms with Gasteiger partial charge in [0, 0.05) is 5.69 Å². The van der Waals surface area contributed by atoms with E-state index in [-0.39, 0.29) is 11.3 Å². The zero-order chi connectivity index (χ0) is 20.3. The van der Waals surface area contributed by atoms with Crippen molar-refractivity contribution in [3.63, 3.8) is 0 Å². The molecule has 144 valence electrons. The fourth-order valence-corrected chi connectivity index (χ4v) is 2.45. The summed E-state index contributed by atoms with van der Waals surface area (Å²) in [5.41, 5.74) is 0.449. The zero-order valence-electron chi connectivity index (χ0n) is 14.6. The minimum Gasteiger partial charge on any atom is -0.465 e. The number of nitrogens with one attached hydrogen (secondary N) is 3. The molecule has 0 spiro atoms. The van der Waals surface area contributed by atoms with E-state index in [4.69, 9.17) is 0 Å². The number of anilines is 1. The van der Waals surface area contributed by atoms with E-state index in [1.54, 1.807) is 6.92 Å². The predicted molar refractivity (Wildman–Crippen MR) is 88.9 cm³/mol. The first kappa shape index (κ1) is 20.0. The van der Waals surface area contributed by atoms with Crippen molar-refractivity contribution in [3.05, 3.63) is 52.1 Å². The SMILES string of the molecule is COC(=O)c1c(C)[nH]c(C(=O)NCC(=O)Nc2ccc(F)c(F)c2F)c1C. The number of hydrogen-bond acceptors (Lipinski definition) is 4. The summed E-state index contributed by atoms with van der Waals surface area (Å²) in [6, 6.07) is 1.51. The molecule has 3 N–H and O–H groups in total. The van der Waals surface area contributed by atoms with Crippen LogP contribution in [0.3, 0.4) is 0 Å². The molecular formula is C17H16F3N3O4. The van der Waals surface area contributed by atoms with Gasteiger partial charge >= 0.3 is 5.97 Å². The number of benzene rings is 1. The Bertz CT molecular complexity index is 925. The number of rotatable bonds is 5. The number of aryl methyl sites for hydroxylation is 1. The lowest BCUT2D eigenvalue weighted by Crippen LogP contribution is -2.33. The van der Waals surface area contributed by atoms with Gasteiger partial charge in [-0.15, -0.1) is 0 Å². The van der Waals surface area contributed by atoms with E-state index in [1.165, 1.54) is 14.0 Å². The maximum absolute atomic E-state index is 13.5. The normalized spacial score (nSPS) is 10.4. The summed E-state index contributed by atoms with van der Waals surface area (Å²) in [6.45, 7) is 2.54. The van der Waals surface area contributed by atoms with Crippen molar-refractivity contribution in [1.29, 1.82) is 0 Å². The summed E-state index contributed by atoms with van der Waals surface area (Å²) in [5, 5.41) is 4.30. The van der Waals surface area contributed by atoms with Crippen LogP contribution in [-0.4, -0.2) is 36.4 Å². The van der Waals surface area contributed by atoms with Crippen LogP contribution in [0.2, 0.25) is 0 Å². The summed E-state index contributed by atoms with van der Waals surface area (Å²) in [4.78, 5) is 38.5. The number of halogens is 3. The lowest BCUT2D eigenvalue weighted by Gasteiger charge is -2.08. The van der Waals surface area contributed by atoms with Crippen LogP contribution in [0.4, 0.5) is 18.9 Å². The van der Waals surface area contributed by atoms with E-state index in [0.717, 1.165) is 6.07 Å². The first-order valence-electron chi connectivity index (χ1n) is 7.66. The topological polar surface area (TPSA) is 100 Å². The lowest BCUT2D eigenvalue weighted by atomic mass is 10.1. The highest BCUT2D eigenvalue weighted by molar-refractivity contribution is 6.02. The van der Waals surface area contributed by atoms with Crippen molar-refractivity contribution in [1.82, 2.24) is 10.3 Å². The maximum atomic E-state index is 13.5. The highest BCUT2D eigenvalue weighted by Gasteiger charge is 2.23. The average molecular weight is 383 g/mol. The molecule has 1 heterocycles. The Kier molecular flexibility index (Phi) is 5.88. The van der Waals surface area contributed by atoms with Crippen LogP contribution in [0.1, 0.15) is 32.1 Å². The first-order valence-corrected chi connectivity index (χ1v) is 7.66. The van der Waals surface area contributed by atoms with Crippen molar-refractivity contribution >= 4 is 23.5 Å². The fraction of sp³-hybridized carbons (Fsp3) is 0.235. The van der Waals surface area contributed by atoms with Crippen LogP contribution in [0.5, 0.6) is 0 Å². The molecule has 0 unspecified atom stereocenters. The Hall–Kier alpha value is -3.30. The highest BCUT2D eigenvalue weighted by Crippen LogP contribution is 2.20. The molecule has 1 aromatic heterocycles. The second-order valence-electron chi connectivity index (χ2n) is 5.57. The van der Waals surface area contributed by atoms with E-state index in [9.17, 15) is 27.6 Å². The molecule has 0 aliphatic heterocycles. The largest absolute Gasteiger partial charge is 0.465 e. The van der Waals surface area contributed by atoms with Crippen LogP contribution < -0.4 is 10.6 Å². The molecule has 0 bridgehead atoms. The van der Waals surface area contributed by atoms with Gasteiger partial charge in [-0.25, -0.2) is 18.0 Å². The maximum Gasteiger partial charge on any atom is 0.339 e. The second-order valence-corrected chi connectivity index (χ2v) is 5.57. The molecule has 0 aliphatic carbocycles. The highest BCUT2D eigenvalue weighted by atomic mass is 19.2. The van der Waals surface area contributed by atoms with Crippen LogP contribution in [0.15, 0.2) is 12.1 Å². The van der Waals surface area contributed by atoms with E-state index in [2.05, 4.69) is 15.0 Å². The van der Waals surface area contributed by atoms with Crippen molar-refractivity contribution in [3.8, 4) is 0 Å². The smallest absolute Gasteiger partial charge is 0.339 e. The minimum absolute atomic E-state index is 0.0553. The molecule has 1 aromatic carbocycles. The predicted octanol–water partition coefficient (Wildman–Crippen LogP) is 2.20. The minimum atomic E-state index is -1.72. The van der Waals surface area contributed by atoms with Crippen LogP contribution in [0.25, 0.3) is 0 Å². The van der Waals surface area contributed by atoms with Crippen molar-refractivity contribution in [2.24, 2.45) is 0 Å². The molecule has 7 nitrogen and oxygen atoms in total. The van der Waals surface area contributed by atoms with Gasteiger partial charge in [0.1, 0.15) is 5.69 Å². The van der Waals surface area contributed by atoms with Crippen molar-refractivity contribution in [2.45, 2.75) is 13.8 Å². The number of carbonyl (C=O) groups excluding carboxylic acids is 3. The molecule has 2 amide bonds. The third kappa shape index (κ3) is 4.10. The molecule has 0 radical (unpaired) electrons. The number of H-pyrrole nitrogens is 1. The number of methoxy groups -OCH3 is 1. The van der Waals surface area contributed by atoms with E-state index in [0.29, 0.717) is 17.3 Å². The molecule has 10 heteroatoms. The number of ether oxygens (including phenoxy) is 1. The Labute approximate surface area is 151 Å². The number of amides is 2. The molecule has 0 atom stereocenters. The summed E-state index contributed by atoms with van der Waals surface area (Å²) >= 11 is 0. The van der Waals surface area contributed by atoms with E-state index in [1.807, 2.05) is 5.32 Å². The lowest BCUT2D eigenvalue weighted by molar-refractivity contribution is -0.115. The fourth-order valence-electron chi connectivity index (χ4n) is 2.45. The van der Waals surface area contributed by atoms with Gasteiger partial charge in [-0.3, -0.25) is 9.59 Å². The van der Waals surface area contributed by atoms with Crippen molar-refractivity contribution in [2.75, 3.05) is 19.0 Å². The Balaban J connectivity index is 2.05. The number of esters is 1. The van der Waals surface area contributed by atoms with Gasteiger partial charge < -0.3 is 20.4 Å². The third-order valence-electron chi connectivity index (χ3n) is 3.77. The second kappa shape index (κ2) is 7.94. The van der Waals surface area contributed by atoms with Crippen LogP contribution >= 0.6 is 0 Å². The van der Waals surface area contributed by atoms with Crippen LogP contribution in [-0.2, 0) is 9.53 Å². The van der Waals surface area contributed by atoms with Gasteiger partial charge in [0.15, 0.2) is 17.5 Å². The monoisotopic (exact) mass is 383 g/mol. The third-order valence-corrected chi connectivity index (χ3v) is 3.77. The van der Waals surface area contributed by atoms with Gasteiger partial charge in [0.05, 0.1) is 24.9 Å². The quantitative estimate of drug-likeness (QED) is 0.544. The van der Waals surface area contributed by atoms with Gasteiger partial charge in [-0.1, -0.05) is 0 Å². The standard InChI is InChI=1S/C17H16F3N3O4/c1-7-12(17(26)27-3)8(2)22-15(7)16(25)21-6-11(24)23-10-5-4-9(18)13(19)14(10)20/h4-5,22H,6H2,1-3H3,(H,21,25)(H,23,24). The summed E-state index contributed by atoms with van der Waals surface area (Å²) in [7, 11) is 1.20. The molecule has 0 fully saturated rings. The summed E-state index contributed by atoms with van der Waals surface area (Å²) in [6.07, 6.45) is 0. The number of carbonyl (C=O) groups is 3. The summed E-state index contributed by atoms with van der Waals surface area (Å²) in [5.74, 6) is -6.82. The number of hydrogen-bond donors (Lipinski definition) is 3. The summed E-state index contributed by atoms with van der Waals surface area (Å²) < 4.78 is 44.2. The van der Waals surface area contributed by atoms with E-state index < -0.39 is 47.5 Å². The Morgan fingerprint density at radius 3 is 2.41 bits per heavy atom. The molecule has 0 saturated carbocycles. The molecule has 0 aliphatic rings. The van der Waals surface area contributed by atoms with Crippen LogP contribution in [0, 0.1) is 31.3 Å². The molecular weight excluding hydrogens is 367 g/mol. The first-order chi connectivity index (χ1) is 12.7. The molecule has 2 rings (SSSR count). The van der Waals surface area contributed by atoms with Gasteiger partial charge in [-0.05, 0) is 31.5 Å². The van der Waals surface area contributed by atoms with Gasteiger partial charge in [-0.2, -0.15) is 0 Å². The Morgan fingerprint density at radius 2 is 1.78 bits per heavy atom. The van der Waals surface area contributed by atoms with Gasteiger partial charge in [0.2, 0.25) is 5.91 Å². The van der Waals surface area contributed by atoms with Crippen molar-refractivity contribution < 1.29 is 32.3 Å². The molecule has 27 heavy (non-hydrogen) atoms. The zero-order valence-corrected chi connectivity index (χ0v) is 14.6. The molecule has 0 saturated heterocycles. The van der Waals surface area contributed by atoms with Gasteiger partial charge in [0.25, 0.3) is 5.91 Å². The Morgan fingerprint density at radius 1 is 1.11 bits per heavy atom. The van der Waals surface area contributed by atoms with E-state index >= 15 is 0 Å². The number of aromatic amines is 1.